The number of nitrogens with two attached hydrogens (primary N) is 2. The molecule has 0 amide bonds. The number of aromatic nitrogens is 8. The summed E-state index contributed by atoms with van der Waals surface area (Å²) in [5.74, 6) is -0.168. The fourth-order valence-electron chi connectivity index (χ4n) is 6.03. The zero-order valence-electron chi connectivity index (χ0n) is 28.1. The van der Waals surface area contributed by atoms with Crippen LogP contribution in [0.2, 0.25) is 0 Å². The normalized spacial score (nSPS) is 27.5. The van der Waals surface area contributed by atoms with Gasteiger partial charge < -0.3 is 49.9 Å². The molecule has 53 heavy (non-hydrogen) atoms. The largest absolute Gasteiger partial charge is 0.582 e. The predicted octanol–water partition coefficient (Wildman–Crippen LogP) is -0.980. The van der Waals surface area contributed by atoms with Gasteiger partial charge in [0.05, 0.1) is 58.9 Å². The maximum absolute atomic E-state index is 13.8. The zero-order chi connectivity index (χ0) is 38.0. The lowest BCUT2D eigenvalue weighted by molar-refractivity contribution is -0.166. The van der Waals surface area contributed by atoms with Crippen molar-refractivity contribution < 1.29 is 61.1 Å². The van der Waals surface area contributed by atoms with Gasteiger partial charge in [0.25, 0.3) is 5.56 Å². The molecule has 4 aromatic heterocycles. The Bertz CT molecular complexity index is 2040. The van der Waals surface area contributed by atoms with Crippen LogP contribution < -0.4 is 17.0 Å². The van der Waals surface area contributed by atoms with Gasteiger partial charge >= 0.3 is 15.1 Å². The van der Waals surface area contributed by atoms with Crippen molar-refractivity contribution in [1.29, 1.82) is 0 Å². The van der Waals surface area contributed by atoms with Crippen molar-refractivity contribution in [2.24, 2.45) is 0 Å². The smallest absolute Gasteiger partial charge is 0.385 e. The minimum Gasteiger partial charge on any atom is -0.385 e. The summed E-state index contributed by atoms with van der Waals surface area (Å²) in [6, 6.07) is 0. The number of anilines is 2. The Morgan fingerprint density at radius 3 is 2.32 bits per heavy atom. The van der Waals surface area contributed by atoms with E-state index in [1.54, 1.807) is 0 Å². The minimum absolute atomic E-state index is 0.00419. The van der Waals surface area contributed by atoms with E-state index in [0.29, 0.717) is 0 Å². The lowest BCUT2D eigenvalue weighted by atomic mass is 10.1. The number of rotatable bonds is 18. The van der Waals surface area contributed by atoms with Crippen LogP contribution >= 0.6 is 27.3 Å². The molecule has 4 unspecified atom stereocenters. The molecule has 4 aromatic rings. The van der Waals surface area contributed by atoms with Gasteiger partial charge in [0.1, 0.15) is 55.1 Å². The molecule has 7 N–H and O–H groups in total. The molecular weight excluding hydrogens is 770 g/mol. The van der Waals surface area contributed by atoms with Gasteiger partial charge in [-0.1, -0.05) is 0 Å². The number of fused-ring (bicyclic) bond motifs is 2. The molecule has 0 saturated carbocycles. The number of phosphoric acid groups is 1. The monoisotopic (exact) mass is 807 g/mol. The summed E-state index contributed by atoms with van der Waals surface area (Å²) in [7, 11) is -4.73. The summed E-state index contributed by atoms with van der Waals surface area (Å²) in [5, 5.41) is 11.7. The molecule has 6 heterocycles. The second kappa shape index (κ2) is 16.2. The molecule has 2 saturated heterocycles. The van der Waals surface area contributed by atoms with Gasteiger partial charge in [-0.15, -0.1) is 4.52 Å². The lowest BCUT2D eigenvalue weighted by Crippen LogP contribution is -2.51. The van der Waals surface area contributed by atoms with E-state index in [0.717, 1.165) is 0 Å². The van der Waals surface area contributed by atoms with Crippen LogP contribution in [-0.2, 0) is 62.6 Å². The Kier molecular flexibility index (Phi) is 12.1. The highest BCUT2D eigenvalue weighted by atomic mass is 32.7. The topological polar surface area (TPSA) is 317 Å². The number of aliphatic hydroxyl groups excluding tert-OH is 1. The summed E-state index contributed by atoms with van der Waals surface area (Å²) in [6.45, 7) is -1.78. The van der Waals surface area contributed by atoms with Crippen molar-refractivity contribution in [2.45, 2.75) is 35.9 Å². The first-order valence-electron chi connectivity index (χ1n) is 15.6. The number of methoxy groups -OCH3 is 2. The van der Waals surface area contributed by atoms with Gasteiger partial charge in [0.15, 0.2) is 28.4 Å². The maximum atomic E-state index is 13.8. The second-order valence-electron chi connectivity index (χ2n) is 11.6. The van der Waals surface area contributed by atoms with Crippen molar-refractivity contribution in [1.82, 2.24) is 39.0 Å². The van der Waals surface area contributed by atoms with Gasteiger partial charge in [-0.05, 0) is 4.57 Å². The van der Waals surface area contributed by atoms with Crippen LogP contribution in [0.4, 0.5) is 11.8 Å². The number of phosphoric ester groups is 1. The van der Waals surface area contributed by atoms with Crippen LogP contribution in [0.5, 0.6) is 0 Å². The summed E-state index contributed by atoms with van der Waals surface area (Å²) in [6.07, 6.45) is -1.92. The molecule has 27 heteroatoms. The Morgan fingerprint density at radius 2 is 1.62 bits per heavy atom. The lowest BCUT2D eigenvalue weighted by Gasteiger charge is -2.36. The zero-order valence-corrected chi connectivity index (χ0v) is 30.8. The number of aromatic amines is 1. The quantitative estimate of drug-likeness (QED) is 0.0400. The molecule has 2 fully saturated rings. The van der Waals surface area contributed by atoms with Gasteiger partial charge in [-0.25, -0.2) is 24.5 Å². The van der Waals surface area contributed by atoms with Crippen molar-refractivity contribution in [3.8, 4) is 0 Å². The van der Waals surface area contributed by atoms with Crippen LogP contribution in [0.1, 0.15) is 0 Å². The summed E-state index contributed by atoms with van der Waals surface area (Å²) in [4.78, 5) is 46.9. The number of nitrogens with zero attached hydrogens (tertiary/aromatic N) is 7. The number of nitrogens with one attached hydrogen (secondary N) is 1. The van der Waals surface area contributed by atoms with Crippen LogP contribution in [0.3, 0.4) is 0 Å². The van der Waals surface area contributed by atoms with Gasteiger partial charge in [-0.2, -0.15) is 4.98 Å². The number of hydrogen-bond donors (Lipinski definition) is 6. The van der Waals surface area contributed by atoms with Gasteiger partial charge in [0.2, 0.25) is 11.7 Å². The highest BCUT2D eigenvalue weighted by Crippen LogP contribution is 2.52. The van der Waals surface area contributed by atoms with Crippen molar-refractivity contribution in [3.63, 3.8) is 0 Å². The molecule has 8 atom stereocenters. The number of imidazole rings is 2. The average molecular weight is 808 g/mol. The fraction of sp³-hybridized carbons (Fsp3) is 0.615. The Balaban J connectivity index is 1.29. The van der Waals surface area contributed by atoms with Crippen molar-refractivity contribution >= 4 is 61.4 Å². The molecule has 2 aliphatic rings. The summed E-state index contributed by atoms with van der Waals surface area (Å²) < 4.78 is 79.0. The van der Waals surface area contributed by atoms with Crippen LogP contribution in [0, 0.1) is 0 Å². The number of nitrogen functional groups attached to an aromatic ring is 2. The van der Waals surface area contributed by atoms with Crippen LogP contribution in [0.15, 0.2) is 23.8 Å². The first-order chi connectivity index (χ1) is 25.4. The summed E-state index contributed by atoms with van der Waals surface area (Å²) in [5.41, 5.74) is 7.82. The third-order valence-corrected chi connectivity index (χ3v) is 10.2. The number of aliphatic hydroxyl groups is 1. The third-order valence-electron chi connectivity index (χ3n) is 8.48. The second-order valence-corrected chi connectivity index (χ2v) is 14.7. The number of H-pyrrole nitrogens is 1. The predicted molar refractivity (Wildman–Crippen MR) is 183 cm³/mol. The number of thiol groups is 1. The molecule has 24 nitrogen and oxygen atoms in total. The fourth-order valence-corrected chi connectivity index (χ4v) is 7.49. The van der Waals surface area contributed by atoms with E-state index >= 15 is 0 Å². The maximum Gasteiger partial charge on any atom is 0.582 e. The molecular formula is C26H37N10O14P2S+. The van der Waals surface area contributed by atoms with Crippen molar-refractivity contribution in [2.75, 3.05) is 78.5 Å². The third kappa shape index (κ3) is 7.81. The van der Waals surface area contributed by atoms with E-state index in [4.69, 9.17) is 53.5 Å². The molecule has 0 spiro atoms. The van der Waals surface area contributed by atoms with Crippen molar-refractivity contribution in [3.05, 3.63) is 29.3 Å². The summed E-state index contributed by atoms with van der Waals surface area (Å²) >= 11 is 3.77. The first kappa shape index (κ1) is 39.4. The Morgan fingerprint density at radius 1 is 0.981 bits per heavy atom. The first-order valence-corrected chi connectivity index (χ1v) is 19.5. The molecule has 6 rings (SSSR count). The highest BCUT2D eigenvalue weighted by Gasteiger charge is 2.58. The van der Waals surface area contributed by atoms with E-state index in [2.05, 4.69) is 42.2 Å². The highest BCUT2D eigenvalue weighted by molar-refractivity contribution is 8.39. The SMILES string of the molecule is COCCOC1(n2cnc3c(=O)[nH]c(N)nc32)CO[C@H](CO[P+](=O)S)C1OP(=O)(O)OC[C@H]1OC[C@@](OCCOC)(n2cnc3c(N)ncnc32)[C@H]1O. The van der Waals surface area contributed by atoms with Crippen LogP contribution in [0.25, 0.3) is 22.3 Å². The molecule has 2 aliphatic heterocycles. The number of hydrogen-bond acceptors (Lipinski definition) is 20. The van der Waals surface area contributed by atoms with E-state index in [-0.39, 0.29) is 67.1 Å². The van der Waals surface area contributed by atoms with E-state index in [9.17, 15) is 23.9 Å². The van der Waals surface area contributed by atoms with E-state index in [1.807, 2.05) is 0 Å². The number of ether oxygens (including phenoxy) is 6. The molecule has 290 valence electrons. The van der Waals surface area contributed by atoms with E-state index in [1.165, 1.54) is 42.3 Å². The molecule has 0 radical (unpaired) electrons. The van der Waals surface area contributed by atoms with E-state index < -0.39 is 76.3 Å². The van der Waals surface area contributed by atoms with Gasteiger partial charge in [0, 0.05) is 14.2 Å². The molecule has 0 bridgehead atoms. The minimum atomic E-state index is -5.17. The van der Waals surface area contributed by atoms with Crippen LogP contribution in [-0.4, -0.2) is 141 Å². The Hall–Kier alpha value is -3.26. The average Bonchev–Trinajstić information content (AvgIpc) is 3.89. The van der Waals surface area contributed by atoms with Gasteiger partial charge in [-0.3, -0.25) is 28.0 Å². The molecule has 0 aliphatic carbocycles. The standard InChI is InChI=1S/C26H36N10O14P2S/c1-42-3-5-46-25(35-12-31-16-20(27)29-11-30-21(16)35)9-44-14(18(25)37)8-49-52(40,41)50-19-15(7-48-51(39)53)45-10-26(19,47-6-4-43-2)36-13-32-17-22(36)33-24(28)34-23(17)38/h11-15,18-19,37H,3-10H2,1-2H3,(H6-,27,28,29,30,33,34,38,39,40,41,53)/p+1/t14-,15-,18+,19?,25+,26?/m1/s1. The molecule has 0 aromatic carbocycles. The Labute approximate surface area is 305 Å².